The monoisotopic (exact) mass is 259 g/mol. The lowest BCUT2D eigenvalue weighted by Gasteiger charge is -2.02. The maximum Gasteiger partial charge on any atom is 0.154 e. The van der Waals surface area contributed by atoms with Crippen LogP contribution >= 0.6 is 0 Å². The van der Waals surface area contributed by atoms with Crippen molar-refractivity contribution >= 4 is 16.8 Å². The van der Waals surface area contributed by atoms with Crippen LogP contribution < -0.4 is 0 Å². The van der Waals surface area contributed by atoms with Crippen molar-refractivity contribution in [3.05, 3.63) is 24.3 Å². The fourth-order valence-electron chi connectivity index (χ4n) is 2.21. The lowest BCUT2D eigenvalue weighted by molar-refractivity contribution is -0.119. The summed E-state index contributed by atoms with van der Waals surface area (Å²) in [6.45, 7) is 2.54. The molecular formula is C15H21N3O. The molecule has 0 saturated heterocycles. The van der Waals surface area contributed by atoms with Crippen LogP contribution in [-0.2, 0) is 11.3 Å². The van der Waals surface area contributed by atoms with Gasteiger partial charge in [0, 0.05) is 6.42 Å². The fraction of sp³-hybridized carbons (Fsp3) is 0.533. The highest BCUT2D eigenvalue weighted by molar-refractivity contribution is 5.81. The summed E-state index contributed by atoms with van der Waals surface area (Å²) in [4.78, 5) is 11.9. The fourth-order valence-corrected chi connectivity index (χ4v) is 2.21. The first-order chi connectivity index (χ1) is 9.31. The minimum Gasteiger partial charge on any atom is -0.298 e. The number of hydrogen-bond acceptors (Lipinski definition) is 3. The number of aromatic nitrogens is 3. The van der Waals surface area contributed by atoms with Gasteiger partial charge in [-0.3, -0.25) is 4.79 Å². The Kier molecular flexibility index (Phi) is 5.07. The quantitative estimate of drug-likeness (QED) is 0.683. The van der Waals surface area contributed by atoms with Crippen molar-refractivity contribution in [3.63, 3.8) is 0 Å². The van der Waals surface area contributed by atoms with Crippen molar-refractivity contribution in [2.24, 2.45) is 0 Å². The molecule has 19 heavy (non-hydrogen) atoms. The third-order valence-electron chi connectivity index (χ3n) is 3.31. The third-order valence-corrected chi connectivity index (χ3v) is 3.31. The van der Waals surface area contributed by atoms with Crippen molar-refractivity contribution in [1.29, 1.82) is 0 Å². The molecule has 2 rings (SSSR count). The van der Waals surface area contributed by atoms with Crippen molar-refractivity contribution < 1.29 is 4.79 Å². The number of ketones is 1. The van der Waals surface area contributed by atoms with Gasteiger partial charge < -0.3 is 0 Å². The van der Waals surface area contributed by atoms with E-state index < -0.39 is 0 Å². The first-order valence-corrected chi connectivity index (χ1v) is 7.11. The molecule has 0 aliphatic heterocycles. The Morgan fingerprint density at radius 2 is 1.95 bits per heavy atom. The zero-order chi connectivity index (χ0) is 13.5. The minimum atomic E-state index is 0.243. The van der Waals surface area contributed by atoms with E-state index in [-0.39, 0.29) is 5.78 Å². The molecule has 0 amide bonds. The number of rotatable bonds is 8. The van der Waals surface area contributed by atoms with Crippen LogP contribution in [0.1, 0.15) is 45.4 Å². The molecule has 1 heterocycles. The van der Waals surface area contributed by atoms with Crippen LogP contribution in [0.25, 0.3) is 11.0 Å². The average Bonchev–Trinajstić information content (AvgIpc) is 2.82. The molecule has 1 aromatic heterocycles. The molecule has 0 fully saturated rings. The molecule has 0 unspecified atom stereocenters. The number of Topliss-reactive ketones (excluding diaryl/α,β-unsaturated/α-hetero) is 1. The van der Waals surface area contributed by atoms with E-state index in [1.807, 2.05) is 24.3 Å². The summed E-state index contributed by atoms with van der Waals surface area (Å²) in [6.07, 6.45) is 6.53. The second-order valence-electron chi connectivity index (χ2n) is 4.94. The Morgan fingerprint density at radius 3 is 2.79 bits per heavy atom. The van der Waals surface area contributed by atoms with Crippen molar-refractivity contribution in [1.82, 2.24) is 15.0 Å². The Balaban J connectivity index is 1.82. The number of benzene rings is 1. The summed E-state index contributed by atoms with van der Waals surface area (Å²) in [7, 11) is 0. The van der Waals surface area contributed by atoms with Gasteiger partial charge in [0.2, 0.25) is 0 Å². The third kappa shape index (κ3) is 3.88. The number of para-hydroxylation sites is 1. The Bertz CT molecular complexity index is 533. The van der Waals surface area contributed by atoms with Gasteiger partial charge in [-0.1, -0.05) is 50.0 Å². The molecule has 1 aromatic carbocycles. The smallest absolute Gasteiger partial charge is 0.154 e. The van der Waals surface area contributed by atoms with Gasteiger partial charge in [-0.2, -0.15) is 0 Å². The van der Waals surface area contributed by atoms with E-state index in [2.05, 4.69) is 17.2 Å². The summed E-state index contributed by atoms with van der Waals surface area (Å²) in [5, 5.41) is 8.09. The van der Waals surface area contributed by atoms with E-state index in [1.165, 1.54) is 19.3 Å². The summed E-state index contributed by atoms with van der Waals surface area (Å²) < 4.78 is 1.70. The number of nitrogens with zero attached hydrogens (tertiary/aromatic N) is 3. The number of unbranched alkanes of at least 4 members (excludes halogenated alkanes) is 4. The van der Waals surface area contributed by atoms with E-state index in [0.717, 1.165) is 23.9 Å². The molecule has 2 aromatic rings. The maximum atomic E-state index is 11.9. The van der Waals surface area contributed by atoms with E-state index in [1.54, 1.807) is 4.68 Å². The molecule has 0 N–H and O–H groups in total. The molecule has 0 saturated carbocycles. The molecule has 0 atom stereocenters. The van der Waals surface area contributed by atoms with Gasteiger partial charge in [-0.15, -0.1) is 5.10 Å². The van der Waals surface area contributed by atoms with Gasteiger partial charge in [-0.25, -0.2) is 4.68 Å². The van der Waals surface area contributed by atoms with Crippen LogP contribution in [-0.4, -0.2) is 20.8 Å². The highest BCUT2D eigenvalue weighted by atomic mass is 16.1. The van der Waals surface area contributed by atoms with E-state index in [0.29, 0.717) is 13.0 Å². The minimum absolute atomic E-state index is 0.243. The zero-order valence-electron chi connectivity index (χ0n) is 11.5. The van der Waals surface area contributed by atoms with Crippen molar-refractivity contribution in [2.75, 3.05) is 0 Å². The van der Waals surface area contributed by atoms with Crippen LogP contribution in [0.15, 0.2) is 24.3 Å². The summed E-state index contributed by atoms with van der Waals surface area (Å²) in [6, 6.07) is 7.73. The van der Waals surface area contributed by atoms with E-state index in [4.69, 9.17) is 0 Å². The predicted molar refractivity (Wildman–Crippen MR) is 75.9 cm³/mol. The first-order valence-electron chi connectivity index (χ1n) is 7.11. The number of fused-ring (bicyclic) bond motifs is 1. The average molecular weight is 259 g/mol. The largest absolute Gasteiger partial charge is 0.298 e. The van der Waals surface area contributed by atoms with Crippen LogP contribution in [0.3, 0.4) is 0 Å². The first kappa shape index (κ1) is 13.7. The molecular weight excluding hydrogens is 238 g/mol. The SMILES string of the molecule is CCCCCCCC(=O)Cn1nnc2ccccc21. The van der Waals surface area contributed by atoms with E-state index >= 15 is 0 Å². The molecule has 0 radical (unpaired) electrons. The lowest BCUT2D eigenvalue weighted by Crippen LogP contribution is -2.11. The number of hydrogen-bond donors (Lipinski definition) is 0. The van der Waals surface area contributed by atoms with Crippen LogP contribution in [0.5, 0.6) is 0 Å². The molecule has 0 bridgehead atoms. The van der Waals surface area contributed by atoms with Gasteiger partial charge in [0.05, 0.1) is 5.52 Å². The second kappa shape index (κ2) is 7.02. The number of carbonyl (C=O) groups is 1. The van der Waals surface area contributed by atoms with Crippen LogP contribution in [0, 0.1) is 0 Å². The van der Waals surface area contributed by atoms with Crippen LogP contribution in [0.2, 0.25) is 0 Å². The highest BCUT2D eigenvalue weighted by Crippen LogP contribution is 2.11. The highest BCUT2D eigenvalue weighted by Gasteiger charge is 2.08. The lowest BCUT2D eigenvalue weighted by atomic mass is 10.1. The van der Waals surface area contributed by atoms with Gasteiger partial charge in [0.25, 0.3) is 0 Å². The molecule has 0 aliphatic carbocycles. The normalized spacial score (nSPS) is 11.0. The molecule has 0 spiro atoms. The molecule has 0 aliphatic rings. The second-order valence-corrected chi connectivity index (χ2v) is 4.94. The Labute approximate surface area is 113 Å². The van der Waals surface area contributed by atoms with Gasteiger partial charge in [-0.05, 0) is 18.6 Å². The Hall–Kier alpha value is -1.71. The standard InChI is InChI=1S/C15H21N3O/c1-2-3-4-5-6-9-13(19)12-18-15-11-8-7-10-14(15)16-17-18/h7-8,10-11H,2-6,9,12H2,1H3. The predicted octanol–water partition coefficient (Wildman–Crippen LogP) is 3.36. The van der Waals surface area contributed by atoms with E-state index in [9.17, 15) is 4.79 Å². The molecule has 102 valence electrons. The van der Waals surface area contributed by atoms with Crippen molar-refractivity contribution in [3.8, 4) is 0 Å². The topological polar surface area (TPSA) is 47.8 Å². The Morgan fingerprint density at radius 1 is 1.16 bits per heavy atom. The van der Waals surface area contributed by atoms with Gasteiger partial charge in [0.1, 0.15) is 12.1 Å². The van der Waals surface area contributed by atoms with Gasteiger partial charge >= 0.3 is 0 Å². The van der Waals surface area contributed by atoms with Crippen molar-refractivity contribution in [2.45, 2.75) is 52.0 Å². The zero-order valence-corrected chi connectivity index (χ0v) is 11.5. The maximum absolute atomic E-state index is 11.9. The van der Waals surface area contributed by atoms with Gasteiger partial charge in [0.15, 0.2) is 5.78 Å². The summed E-state index contributed by atoms with van der Waals surface area (Å²) >= 11 is 0. The summed E-state index contributed by atoms with van der Waals surface area (Å²) in [5.41, 5.74) is 1.78. The molecule has 4 nitrogen and oxygen atoms in total. The molecule has 4 heteroatoms. The summed E-state index contributed by atoms with van der Waals surface area (Å²) in [5.74, 6) is 0.243. The number of carbonyl (C=O) groups excluding carboxylic acids is 1. The van der Waals surface area contributed by atoms with Crippen LogP contribution in [0.4, 0.5) is 0 Å².